The molecule has 1 aliphatic heterocycles. The van der Waals surface area contributed by atoms with E-state index in [1.165, 1.54) is 0 Å². The molecule has 1 fully saturated rings. The van der Waals surface area contributed by atoms with Crippen molar-refractivity contribution in [2.24, 2.45) is 0 Å². The van der Waals surface area contributed by atoms with Gasteiger partial charge in [0, 0.05) is 24.3 Å². The molecule has 1 aliphatic rings. The van der Waals surface area contributed by atoms with E-state index in [9.17, 15) is 9.59 Å². The molecule has 0 radical (unpaired) electrons. The molecule has 0 bridgehead atoms. The van der Waals surface area contributed by atoms with Gasteiger partial charge in [0.25, 0.3) is 0 Å². The number of hydrogen-bond acceptors (Lipinski definition) is 5. The first-order chi connectivity index (χ1) is 12.5. The van der Waals surface area contributed by atoms with Gasteiger partial charge in [-0.15, -0.1) is 0 Å². The molecule has 2 heterocycles. The van der Waals surface area contributed by atoms with Crippen LogP contribution in [0.2, 0.25) is 0 Å². The number of nitrogens with zero attached hydrogens (tertiary/aromatic N) is 2. The zero-order chi connectivity index (χ0) is 18.5. The molecule has 3 rings (SSSR count). The van der Waals surface area contributed by atoms with E-state index in [2.05, 4.69) is 10.5 Å². The van der Waals surface area contributed by atoms with Crippen LogP contribution < -0.4 is 5.32 Å². The first kappa shape index (κ1) is 18.1. The summed E-state index contributed by atoms with van der Waals surface area (Å²) in [5.74, 6) is 0.634. The Kier molecular flexibility index (Phi) is 5.68. The van der Waals surface area contributed by atoms with Crippen LogP contribution in [0.3, 0.4) is 0 Å². The molecule has 1 aromatic carbocycles. The van der Waals surface area contributed by atoms with E-state index in [0.717, 1.165) is 16.8 Å². The maximum atomic E-state index is 12.3. The fraction of sp³-hybridized carbons (Fsp3) is 0.421. The second kappa shape index (κ2) is 8.14. The lowest BCUT2D eigenvalue weighted by Crippen LogP contribution is -2.41. The average Bonchev–Trinajstić information content (AvgIpc) is 2.96. The second-order valence-corrected chi connectivity index (χ2v) is 6.39. The van der Waals surface area contributed by atoms with Crippen LogP contribution in [-0.4, -0.2) is 48.2 Å². The average molecular weight is 357 g/mol. The summed E-state index contributed by atoms with van der Waals surface area (Å²) in [6.45, 7) is 6.11. The highest BCUT2D eigenvalue weighted by Crippen LogP contribution is 2.15. The molecule has 1 N–H and O–H groups in total. The van der Waals surface area contributed by atoms with Gasteiger partial charge in [0.2, 0.25) is 11.8 Å². The summed E-state index contributed by atoms with van der Waals surface area (Å²) in [4.78, 5) is 26.3. The third-order valence-electron chi connectivity index (χ3n) is 4.48. The number of hydrogen-bond donors (Lipinski definition) is 1. The quantitative estimate of drug-likeness (QED) is 0.883. The fourth-order valence-corrected chi connectivity index (χ4v) is 2.93. The van der Waals surface area contributed by atoms with Crippen LogP contribution in [-0.2, 0) is 27.2 Å². The van der Waals surface area contributed by atoms with Crippen LogP contribution in [0.5, 0.6) is 0 Å². The molecule has 7 nitrogen and oxygen atoms in total. The standard InChI is InChI=1S/C19H23N3O4/c1-13-17(14(2)26-21-13)12-18(23)20-16-5-3-15(4-6-16)11-19(24)22-7-9-25-10-8-22/h3-6H,7-12H2,1-2H3,(H,20,23). The molecule has 0 spiro atoms. The van der Waals surface area contributed by atoms with Gasteiger partial charge in [-0.05, 0) is 31.5 Å². The van der Waals surface area contributed by atoms with Crippen LogP contribution in [0, 0.1) is 13.8 Å². The molecule has 0 atom stereocenters. The van der Waals surface area contributed by atoms with Gasteiger partial charge in [0.05, 0.1) is 31.7 Å². The number of benzene rings is 1. The number of anilines is 1. The van der Waals surface area contributed by atoms with Crippen molar-refractivity contribution in [1.82, 2.24) is 10.1 Å². The van der Waals surface area contributed by atoms with Crippen LogP contribution in [0.25, 0.3) is 0 Å². The van der Waals surface area contributed by atoms with E-state index in [1.807, 2.05) is 36.1 Å². The Bertz CT molecular complexity index is 757. The maximum Gasteiger partial charge on any atom is 0.228 e. The minimum Gasteiger partial charge on any atom is -0.378 e. The van der Waals surface area contributed by atoms with E-state index < -0.39 is 0 Å². The van der Waals surface area contributed by atoms with Crippen molar-refractivity contribution in [3.8, 4) is 0 Å². The summed E-state index contributed by atoms with van der Waals surface area (Å²) >= 11 is 0. The molecule has 0 unspecified atom stereocenters. The van der Waals surface area contributed by atoms with E-state index >= 15 is 0 Å². The van der Waals surface area contributed by atoms with Gasteiger partial charge in [0.1, 0.15) is 5.76 Å². The number of carbonyl (C=O) groups is 2. The Balaban J connectivity index is 1.54. The van der Waals surface area contributed by atoms with E-state index in [1.54, 1.807) is 6.92 Å². The zero-order valence-electron chi connectivity index (χ0n) is 15.1. The van der Waals surface area contributed by atoms with Gasteiger partial charge < -0.3 is 19.5 Å². The monoisotopic (exact) mass is 357 g/mol. The van der Waals surface area contributed by atoms with Gasteiger partial charge in [-0.1, -0.05) is 17.3 Å². The minimum atomic E-state index is -0.128. The Morgan fingerprint density at radius 3 is 2.42 bits per heavy atom. The molecule has 0 saturated carbocycles. The Hall–Kier alpha value is -2.67. The molecule has 1 aromatic heterocycles. The molecular weight excluding hydrogens is 334 g/mol. The highest BCUT2D eigenvalue weighted by Gasteiger charge is 2.17. The van der Waals surface area contributed by atoms with Crippen LogP contribution >= 0.6 is 0 Å². The number of rotatable bonds is 5. The number of amides is 2. The molecule has 0 aliphatic carbocycles. The van der Waals surface area contributed by atoms with Crippen molar-refractivity contribution >= 4 is 17.5 Å². The number of ether oxygens (including phenoxy) is 1. The fourth-order valence-electron chi connectivity index (χ4n) is 2.93. The number of aromatic nitrogens is 1. The van der Waals surface area contributed by atoms with Crippen molar-refractivity contribution in [2.45, 2.75) is 26.7 Å². The predicted octanol–water partition coefficient (Wildman–Crippen LogP) is 1.87. The summed E-state index contributed by atoms with van der Waals surface area (Å²) in [6, 6.07) is 7.36. The molecule has 1 saturated heterocycles. The van der Waals surface area contributed by atoms with Gasteiger partial charge in [0.15, 0.2) is 0 Å². The summed E-state index contributed by atoms with van der Waals surface area (Å²) < 4.78 is 10.3. The van der Waals surface area contributed by atoms with E-state index in [0.29, 0.717) is 44.2 Å². The Morgan fingerprint density at radius 1 is 1.12 bits per heavy atom. The van der Waals surface area contributed by atoms with Crippen molar-refractivity contribution < 1.29 is 18.8 Å². The predicted molar refractivity (Wildman–Crippen MR) is 95.9 cm³/mol. The van der Waals surface area contributed by atoms with Gasteiger partial charge in [-0.3, -0.25) is 9.59 Å². The van der Waals surface area contributed by atoms with Gasteiger partial charge in [-0.25, -0.2) is 0 Å². The first-order valence-corrected chi connectivity index (χ1v) is 8.69. The SMILES string of the molecule is Cc1noc(C)c1CC(=O)Nc1ccc(CC(=O)N2CCOCC2)cc1. The van der Waals surface area contributed by atoms with Crippen molar-refractivity contribution in [3.05, 3.63) is 46.8 Å². The van der Waals surface area contributed by atoms with Crippen molar-refractivity contribution in [1.29, 1.82) is 0 Å². The number of aryl methyl sites for hydroxylation is 2. The van der Waals surface area contributed by atoms with Crippen LogP contribution in [0.15, 0.2) is 28.8 Å². The summed E-state index contributed by atoms with van der Waals surface area (Å²) in [5.41, 5.74) is 3.17. The van der Waals surface area contributed by atoms with E-state index in [4.69, 9.17) is 9.26 Å². The summed E-state index contributed by atoms with van der Waals surface area (Å²) in [6.07, 6.45) is 0.575. The number of carbonyl (C=O) groups excluding carboxylic acids is 2. The molecular formula is C19H23N3O4. The summed E-state index contributed by atoms with van der Waals surface area (Å²) in [7, 11) is 0. The lowest BCUT2D eigenvalue weighted by molar-refractivity contribution is -0.134. The molecule has 2 aromatic rings. The van der Waals surface area contributed by atoms with E-state index in [-0.39, 0.29) is 18.2 Å². The Morgan fingerprint density at radius 2 is 1.81 bits per heavy atom. The highest BCUT2D eigenvalue weighted by atomic mass is 16.5. The van der Waals surface area contributed by atoms with Crippen LogP contribution in [0.4, 0.5) is 5.69 Å². The largest absolute Gasteiger partial charge is 0.378 e. The third-order valence-corrected chi connectivity index (χ3v) is 4.48. The summed E-state index contributed by atoms with van der Waals surface area (Å²) in [5, 5.41) is 6.71. The van der Waals surface area contributed by atoms with Gasteiger partial charge in [-0.2, -0.15) is 0 Å². The minimum absolute atomic E-state index is 0.100. The normalized spacial score (nSPS) is 14.3. The first-order valence-electron chi connectivity index (χ1n) is 8.69. The molecule has 7 heteroatoms. The van der Waals surface area contributed by atoms with Crippen LogP contribution in [0.1, 0.15) is 22.6 Å². The molecule has 26 heavy (non-hydrogen) atoms. The maximum absolute atomic E-state index is 12.3. The Labute approximate surface area is 152 Å². The smallest absolute Gasteiger partial charge is 0.228 e. The molecule has 2 amide bonds. The zero-order valence-corrected chi connectivity index (χ0v) is 15.1. The molecule has 138 valence electrons. The third kappa shape index (κ3) is 4.49. The number of morpholine rings is 1. The lowest BCUT2D eigenvalue weighted by atomic mass is 10.1. The van der Waals surface area contributed by atoms with Gasteiger partial charge >= 0.3 is 0 Å². The topological polar surface area (TPSA) is 84.7 Å². The highest BCUT2D eigenvalue weighted by molar-refractivity contribution is 5.92. The number of nitrogens with one attached hydrogen (secondary N) is 1. The lowest BCUT2D eigenvalue weighted by Gasteiger charge is -2.26. The second-order valence-electron chi connectivity index (χ2n) is 6.39. The van der Waals surface area contributed by atoms with Crippen molar-refractivity contribution in [2.75, 3.05) is 31.6 Å². The van der Waals surface area contributed by atoms with Crippen molar-refractivity contribution in [3.63, 3.8) is 0 Å².